The van der Waals surface area contributed by atoms with Crippen LogP contribution in [0.1, 0.15) is 31.9 Å². The van der Waals surface area contributed by atoms with Gasteiger partial charge in [-0.15, -0.1) is 0 Å². The fourth-order valence-corrected chi connectivity index (χ4v) is 1.75. The van der Waals surface area contributed by atoms with E-state index in [1.54, 1.807) is 6.92 Å². The Kier molecular flexibility index (Phi) is 4.22. The van der Waals surface area contributed by atoms with Crippen molar-refractivity contribution >= 4 is 15.9 Å². The van der Waals surface area contributed by atoms with E-state index in [4.69, 9.17) is 0 Å². The molecule has 1 aromatic carbocycles. The van der Waals surface area contributed by atoms with Gasteiger partial charge in [0.1, 0.15) is 11.6 Å². The van der Waals surface area contributed by atoms with E-state index in [-0.39, 0.29) is 11.5 Å². The van der Waals surface area contributed by atoms with Gasteiger partial charge in [0.2, 0.25) is 0 Å². The molecule has 84 valence electrons. The van der Waals surface area contributed by atoms with Crippen LogP contribution in [-0.2, 0) is 0 Å². The second-order valence-corrected chi connectivity index (χ2v) is 4.53. The Morgan fingerprint density at radius 1 is 1.33 bits per heavy atom. The molecule has 0 aromatic heterocycles. The summed E-state index contributed by atoms with van der Waals surface area (Å²) in [5.74, 6) is -1.60. The summed E-state index contributed by atoms with van der Waals surface area (Å²) in [6.45, 7) is 3.62. The van der Waals surface area contributed by atoms with Gasteiger partial charge in [-0.25, -0.2) is 8.78 Å². The average Bonchev–Trinajstić information content (AvgIpc) is 2.14. The smallest absolute Gasteiger partial charge is 0.133 e. The lowest BCUT2D eigenvalue weighted by atomic mass is 9.94. The summed E-state index contributed by atoms with van der Waals surface area (Å²) in [7, 11) is 0. The van der Waals surface area contributed by atoms with Crippen molar-refractivity contribution < 1.29 is 13.9 Å². The largest absolute Gasteiger partial charge is 0.388 e. The first-order valence-corrected chi connectivity index (χ1v) is 5.59. The van der Waals surface area contributed by atoms with Crippen LogP contribution in [0.3, 0.4) is 0 Å². The van der Waals surface area contributed by atoms with Crippen molar-refractivity contribution in [1.29, 1.82) is 0 Å². The molecular formula is C11H13BrF2O. The standard InChI is InChI=1S/C11H13BrF2O/c1-3-6(2)11(15)10-8(13)4-7(12)5-9(10)14/h4-6,11,15H,3H2,1-2H3. The van der Waals surface area contributed by atoms with Gasteiger partial charge in [-0.2, -0.15) is 0 Å². The van der Waals surface area contributed by atoms with Crippen molar-refractivity contribution in [3.8, 4) is 0 Å². The first-order chi connectivity index (χ1) is 6.97. The minimum absolute atomic E-state index is 0.171. The molecule has 0 amide bonds. The Bertz CT molecular complexity index is 331. The maximum atomic E-state index is 13.4. The van der Waals surface area contributed by atoms with E-state index >= 15 is 0 Å². The van der Waals surface area contributed by atoms with E-state index in [1.165, 1.54) is 0 Å². The molecule has 1 rings (SSSR count). The first-order valence-electron chi connectivity index (χ1n) is 4.79. The molecule has 2 atom stereocenters. The molecule has 0 saturated carbocycles. The summed E-state index contributed by atoms with van der Waals surface area (Å²) < 4.78 is 27.2. The lowest BCUT2D eigenvalue weighted by Gasteiger charge is -2.18. The summed E-state index contributed by atoms with van der Waals surface area (Å²) in [6.07, 6.45) is -0.432. The van der Waals surface area contributed by atoms with E-state index in [1.807, 2.05) is 6.92 Å². The molecule has 1 nitrogen and oxygen atoms in total. The Morgan fingerprint density at radius 3 is 2.20 bits per heavy atom. The quantitative estimate of drug-likeness (QED) is 0.892. The molecule has 0 bridgehead atoms. The molecule has 1 N–H and O–H groups in total. The summed E-state index contributed by atoms with van der Waals surface area (Å²) in [4.78, 5) is 0. The van der Waals surface area contributed by atoms with Gasteiger partial charge < -0.3 is 5.11 Å². The average molecular weight is 279 g/mol. The van der Waals surface area contributed by atoms with Gasteiger partial charge in [0.25, 0.3) is 0 Å². The predicted molar refractivity (Wildman–Crippen MR) is 58.5 cm³/mol. The Hall–Kier alpha value is -0.480. The molecule has 0 radical (unpaired) electrons. The van der Waals surface area contributed by atoms with E-state index in [0.717, 1.165) is 12.1 Å². The second-order valence-electron chi connectivity index (χ2n) is 3.61. The predicted octanol–water partition coefficient (Wildman–Crippen LogP) is 3.81. The van der Waals surface area contributed by atoms with E-state index in [9.17, 15) is 13.9 Å². The van der Waals surface area contributed by atoms with Gasteiger partial charge in [0.15, 0.2) is 0 Å². The SMILES string of the molecule is CCC(C)C(O)c1c(F)cc(Br)cc1F. The highest BCUT2D eigenvalue weighted by Gasteiger charge is 2.22. The van der Waals surface area contributed by atoms with Crippen LogP contribution in [0.4, 0.5) is 8.78 Å². The lowest BCUT2D eigenvalue weighted by Crippen LogP contribution is -2.12. The number of hydrogen-bond donors (Lipinski definition) is 1. The van der Waals surface area contributed by atoms with Gasteiger partial charge in [0.05, 0.1) is 11.7 Å². The molecule has 2 unspecified atom stereocenters. The zero-order chi connectivity index (χ0) is 11.6. The van der Waals surface area contributed by atoms with Crippen LogP contribution in [0.5, 0.6) is 0 Å². The second kappa shape index (κ2) is 5.03. The maximum absolute atomic E-state index is 13.4. The highest BCUT2D eigenvalue weighted by Crippen LogP contribution is 2.30. The summed E-state index contributed by atoms with van der Waals surface area (Å²) in [5.41, 5.74) is -0.243. The molecule has 0 saturated heterocycles. The molecular weight excluding hydrogens is 266 g/mol. The van der Waals surface area contributed by atoms with Crippen molar-refractivity contribution in [3.05, 3.63) is 33.8 Å². The van der Waals surface area contributed by atoms with Crippen molar-refractivity contribution in [1.82, 2.24) is 0 Å². The van der Waals surface area contributed by atoms with E-state index in [0.29, 0.717) is 10.9 Å². The molecule has 0 fully saturated rings. The number of hydrogen-bond acceptors (Lipinski definition) is 1. The van der Waals surface area contributed by atoms with Crippen molar-refractivity contribution in [3.63, 3.8) is 0 Å². The van der Waals surface area contributed by atoms with Gasteiger partial charge >= 0.3 is 0 Å². The van der Waals surface area contributed by atoms with E-state index in [2.05, 4.69) is 15.9 Å². The molecule has 15 heavy (non-hydrogen) atoms. The summed E-state index contributed by atoms with van der Waals surface area (Å²) >= 11 is 2.99. The summed E-state index contributed by atoms with van der Waals surface area (Å²) in [5, 5.41) is 9.75. The number of benzene rings is 1. The molecule has 0 heterocycles. The van der Waals surface area contributed by atoms with Crippen LogP contribution in [0.2, 0.25) is 0 Å². The third kappa shape index (κ3) is 2.75. The van der Waals surface area contributed by atoms with Gasteiger partial charge in [0, 0.05) is 4.47 Å². The maximum Gasteiger partial charge on any atom is 0.133 e. The number of aliphatic hydroxyl groups is 1. The van der Waals surface area contributed by atoms with Crippen molar-refractivity contribution in [2.24, 2.45) is 5.92 Å². The zero-order valence-corrected chi connectivity index (χ0v) is 10.2. The fourth-order valence-electron chi connectivity index (χ4n) is 1.34. The van der Waals surface area contributed by atoms with Crippen molar-refractivity contribution in [2.45, 2.75) is 26.4 Å². The molecule has 0 aliphatic carbocycles. The van der Waals surface area contributed by atoms with Gasteiger partial charge in [-0.3, -0.25) is 0 Å². The third-order valence-corrected chi connectivity index (χ3v) is 2.98. The minimum Gasteiger partial charge on any atom is -0.388 e. The third-order valence-electron chi connectivity index (χ3n) is 2.52. The number of aliphatic hydroxyl groups excluding tert-OH is 1. The van der Waals surface area contributed by atoms with E-state index < -0.39 is 17.7 Å². The van der Waals surface area contributed by atoms with Crippen LogP contribution >= 0.6 is 15.9 Å². The highest BCUT2D eigenvalue weighted by molar-refractivity contribution is 9.10. The monoisotopic (exact) mass is 278 g/mol. The van der Waals surface area contributed by atoms with Crippen LogP contribution in [0, 0.1) is 17.6 Å². The molecule has 1 aromatic rings. The fraction of sp³-hybridized carbons (Fsp3) is 0.455. The summed E-state index contributed by atoms with van der Waals surface area (Å²) in [6, 6.07) is 2.31. The van der Waals surface area contributed by atoms with Crippen LogP contribution in [0.15, 0.2) is 16.6 Å². The van der Waals surface area contributed by atoms with Crippen LogP contribution in [0.25, 0.3) is 0 Å². The molecule has 0 aliphatic rings. The first kappa shape index (κ1) is 12.6. The highest BCUT2D eigenvalue weighted by atomic mass is 79.9. The normalized spacial score (nSPS) is 15.1. The lowest BCUT2D eigenvalue weighted by molar-refractivity contribution is 0.107. The Morgan fingerprint density at radius 2 is 1.80 bits per heavy atom. The Balaban J connectivity index is 3.13. The number of halogens is 3. The topological polar surface area (TPSA) is 20.2 Å². The molecule has 0 aliphatic heterocycles. The van der Waals surface area contributed by atoms with Gasteiger partial charge in [-0.1, -0.05) is 36.2 Å². The van der Waals surface area contributed by atoms with Crippen molar-refractivity contribution in [2.75, 3.05) is 0 Å². The van der Waals surface area contributed by atoms with Crippen LogP contribution < -0.4 is 0 Å². The minimum atomic E-state index is -1.09. The molecule has 0 spiro atoms. The Labute approximate surface area is 96.2 Å². The zero-order valence-electron chi connectivity index (χ0n) is 8.60. The van der Waals surface area contributed by atoms with Gasteiger partial charge in [-0.05, 0) is 18.1 Å². The van der Waals surface area contributed by atoms with Crippen LogP contribution in [-0.4, -0.2) is 5.11 Å². The number of rotatable bonds is 3. The molecule has 4 heteroatoms.